The summed E-state index contributed by atoms with van der Waals surface area (Å²) in [5, 5.41) is 6.10. The van der Waals surface area contributed by atoms with E-state index in [1.54, 1.807) is 0 Å². The molecular weight excluding hydrogens is 316 g/mol. The first-order chi connectivity index (χ1) is 12.3. The molecule has 1 aromatic carbocycles. The minimum Gasteiger partial charge on any atom is -0.381 e. The molecule has 5 nitrogen and oxygen atoms in total. The zero-order valence-electron chi connectivity index (χ0n) is 15.0. The molecule has 3 rings (SSSR count). The van der Waals surface area contributed by atoms with Gasteiger partial charge in [-0.05, 0) is 43.2 Å². The summed E-state index contributed by atoms with van der Waals surface area (Å²) in [6, 6.07) is 8.51. The highest BCUT2D eigenvalue weighted by Gasteiger charge is 2.20. The minimum atomic E-state index is -0.0779. The zero-order chi connectivity index (χ0) is 17.3. The maximum atomic E-state index is 12.2. The molecule has 0 aromatic heterocycles. The summed E-state index contributed by atoms with van der Waals surface area (Å²) in [4.78, 5) is 12.2. The summed E-state index contributed by atoms with van der Waals surface area (Å²) < 4.78 is 11.0. The average molecular weight is 346 g/mol. The highest BCUT2D eigenvalue weighted by molar-refractivity contribution is 5.74. The molecule has 0 saturated carbocycles. The second kappa shape index (κ2) is 9.78. The molecule has 25 heavy (non-hydrogen) atoms. The van der Waals surface area contributed by atoms with Crippen LogP contribution in [-0.4, -0.2) is 39.0 Å². The molecule has 1 heterocycles. The van der Waals surface area contributed by atoms with Crippen LogP contribution in [0.3, 0.4) is 0 Å². The number of carbonyl (C=O) groups is 1. The molecule has 0 bridgehead atoms. The van der Waals surface area contributed by atoms with Gasteiger partial charge in [0.1, 0.15) is 0 Å². The van der Waals surface area contributed by atoms with Crippen LogP contribution >= 0.6 is 0 Å². The molecule has 5 heteroatoms. The van der Waals surface area contributed by atoms with Crippen molar-refractivity contribution in [2.75, 3.05) is 33.0 Å². The van der Waals surface area contributed by atoms with E-state index in [0.717, 1.165) is 51.9 Å². The summed E-state index contributed by atoms with van der Waals surface area (Å²) in [5.74, 6) is 0.548. The summed E-state index contributed by atoms with van der Waals surface area (Å²) in [5.41, 5.74) is 2.65. The van der Waals surface area contributed by atoms with E-state index in [4.69, 9.17) is 9.47 Å². The van der Waals surface area contributed by atoms with E-state index < -0.39 is 0 Å². The van der Waals surface area contributed by atoms with Crippen LogP contribution in [0.5, 0.6) is 0 Å². The van der Waals surface area contributed by atoms with Gasteiger partial charge in [0.25, 0.3) is 0 Å². The highest BCUT2D eigenvalue weighted by Crippen LogP contribution is 2.28. The van der Waals surface area contributed by atoms with Crippen LogP contribution in [0, 0.1) is 5.92 Å². The quantitative estimate of drug-likeness (QED) is 0.589. The lowest BCUT2D eigenvalue weighted by Gasteiger charge is -2.19. The number of hydrogen-bond acceptors (Lipinski definition) is 3. The normalized spacial score (nSPS) is 22.9. The molecule has 0 spiro atoms. The van der Waals surface area contributed by atoms with Crippen molar-refractivity contribution >= 4 is 6.03 Å². The third kappa shape index (κ3) is 5.72. The van der Waals surface area contributed by atoms with Crippen LogP contribution in [0.1, 0.15) is 49.3 Å². The standard InChI is InChI=1S/C20H30N2O3/c23-20(21-11-5-12-24-14-16-10-13-25-15-16)22-19-9-4-2-7-17-6-1-3-8-18(17)19/h1,3,6,8,16,19H,2,4-5,7,9-15H2,(H2,21,22,23)/t16-,19+/m1/s1. The number of fused-ring (bicyclic) bond motifs is 1. The lowest BCUT2D eigenvalue weighted by Crippen LogP contribution is -2.38. The maximum absolute atomic E-state index is 12.2. The number of benzene rings is 1. The Morgan fingerprint density at radius 3 is 3.04 bits per heavy atom. The van der Waals surface area contributed by atoms with E-state index in [1.165, 1.54) is 17.5 Å². The van der Waals surface area contributed by atoms with Gasteiger partial charge in [-0.15, -0.1) is 0 Å². The fourth-order valence-electron chi connectivity index (χ4n) is 3.62. The molecular formula is C20H30N2O3. The molecule has 1 aromatic rings. The van der Waals surface area contributed by atoms with Gasteiger partial charge in [0.2, 0.25) is 0 Å². The van der Waals surface area contributed by atoms with Crippen molar-refractivity contribution in [2.24, 2.45) is 5.92 Å². The van der Waals surface area contributed by atoms with Gasteiger partial charge in [0.05, 0.1) is 19.3 Å². The fourth-order valence-corrected chi connectivity index (χ4v) is 3.62. The van der Waals surface area contributed by atoms with Gasteiger partial charge in [-0.1, -0.05) is 30.7 Å². The molecule has 138 valence electrons. The monoisotopic (exact) mass is 346 g/mol. The van der Waals surface area contributed by atoms with E-state index >= 15 is 0 Å². The number of carbonyl (C=O) groups excluding carboxylic acids is 1. The fraction of sp³-hybridized carbons (Fsp3) is 0.650. The Labute approximate surface area is 150 Å². The van der Waals surface area contributed by atoms with Crippen molar-refractivity contribution in [3.05, 3.63) is 35.4 Å². The largest absolute Gasteiger partial charge is 0.381 e. The van der Waals surface area contributed by atoms with E-state index in [9.17, 15) is 4.79 Å². The second-order valence-electron chi connectivity index (χ2n) is 7.06. The molecule has 2 N–H and O–H groups in total. The van der Waals surface area contributed by atoms with Gasteiger partial charge in [0, 0.05) is 25.7 Å². The van der Waals surface area contributed by atoms with Crippen molar-refractivity contribution in [3.8, 4) is 0 Å². The summed E-state index contributed by atoms with van der Waals surface area (Å²) in [6.07, 6.45) is 6.40. The van der Waals surface area contributed by atoms with Gasteiger partial charge in [-0.25, -0.2) is 4.79 Å². The molecule has 2 amide bonds. The molecule has 1 aliphatic heterocycles. The topological polar surface area (TPSA) is 59.6 Å². The Morgan fingerprint density at radius 1 is 1.24 bits per heavy atom. The third-order valence-corrected chi connectivity index (χ3v) is 5.05. The van der Waals surface area contributed by atoms with Crippen LogP contribution < -0.4 is 10.6 Å². The van der Waals surface area contributed by atoms with Crippen molar-refractivity contribution in [3.63, 3.8) is 0 Å². The Hall–Kier alpha value is -1.59. The summed E-state index contributed by atoms with van der Waals surface area (Å²) in [6.45, 7) is 3.78. The first-order valence-corrected chi connectivity index (χ1v) is 9.60. The lowest BCUT2D eigenvalue weighted by atomic mass is 9.99. The highest BCUT2D eigenvalue weighted by atomic mass is 16.5. The molecule has 2 aliphatic rings. The van der Waals surface area contributed by atoms with E-state index in [1.807, 2.05) is 0 Å². The average Bonchev–Trinajstić information content (AvgIpc) is 3.06. The Morgan fingerprint density at radius 2 is 2.16 bits per heavy atom. The lowest BCUT2D eigenvalue weighted by molar-refractivity contribution is 0.0885. The Balaban J connectivity index is 1.33. The molecule has 1 aliphatic carbocycles. The van der Waals surface area contributed by atoms with Crippen LogP contribution in [0.25, 0.3) is 0 Å². The number of nitrogens with one attached hydrogen (secondary N) is 2. The second-order valence-corrected chi connectivity index (χ2v) is 7.06. The van der Waals surface area contributed by atoms with Crippen LogP contribution in [-0.2, 0) is 15.9 Å². The number of rotatable bonds is 7. The first kappa shape index (κ1) is 18.2. The van der Waals surface area contributed by atoms with E-state index in [2.05, 4.69) is 34.9 Å². The minimum absolute atomic E-state index is 0.0779. The van der Waals surface area contributed by atoms with E-state index in [-0.39, 0.29) is 12.1 Å². The molecule has 2 atom stereocenters. The summed E-state index contributed by atoms with van der Waals surface area (Å²) in [7, 11) is 0. The maximum Gasteiger partial charge on any atom is 0.315 e. The Kier molecular flexibility index (Phi) is 7.12. The number of amides is 2. The van der Waals surface area contributed by atoms with Gasteiger partial charge in [-0.3, -0.25) is 0 Å². The molecule has 1 fully saturated rings. The van der Waals surface area contributed by atoms with Gasteiger partial charge in [0.15, 0.2) is 0 Å². The number of hydrogen-bond donors (Lipinski definition) is 2. The first-order valence-electron chi connectivity index (χ1n) is 9.60. The third-order valence-electron chi connectivity index (χ3n) is 5.05. The molecule has 0 radical (unpaired) electrons. The SMILES string of the molecule is O=C(NCCCOC[C@H]1CCOC1)N[C@H]1CCCCc2ccccc21. The molecule has 0 unspecified atom stereocenters. The smallest absolute Gasteiger partial charge is 0.315 e. The van der Waals surface area contributed by atoms with Crippen molar-refractivity contribution in [2.45, 2.75) is 44.6 Å². The Bertz CT molecular complexity index is 543. The number of ether oxygens (including phenoxy) is 2. The van der Waals surface area contributed by atoms with E-state index in [0.29, 0.717) is 19.1 Å². The van der Waals surface area contributed by atoms with Crippen LogP contribution in [0.2, 0.25) is 0 Å². The van der Waals surface area contributed by atoms with Crippen molar-refractivity contribution in [1.29, 1.82) is 0 Å². The van der Waals surface area contributed by atoms with Crippen molar-refractivity contribution in [1.82, 2.24) is 10.6 Å². The predicted molar refractivity (Wildman–Crippen MR) is 97.6 cm³/mol. The summed E-state index contributed by atoms with van der Waals surface area (Å²) >= 11 is 0. The number of urea groups is 1. The van der Waals surface area contributed by atoms with Crippen molar-refractivity contribution < 1.29 is 14.3 Å². The van der Waals surface area contributed by atoms with Gasteiger partial charge in [-0.2, -0.15) is 0 Å². The number of aryl methyl sites for hydroxylation is 1. The molecule has 1 saturated heterocycles. The van der Waals surface area contributed by atoms with Crippen LogP contribution in [0.15, 0.2) is 24.3 Å². The van der Waals surface area contributed by atoms with Gasteiger partial charge < -0.3 is 20.1 Å². The predicted octanol–water partition coefficient (Wildman–Crippen LogP) is 3.20. The van der Waals surface area contributed by atoms with Gasteiger partial charge >= 0.3 is 6.03 Å². The van der Waals surface area contributed by atoms with Crippen LogP contribution in [0.4, 0.5) is 4.79 Å². The zero-order valence-corrected chi connectivity index (χ0v) is 15.0.